The monoisotopic (exact) mass is 434 g/mol. The molecule has 0 unspecified atom stereocenters. The number of nitrogens with zero attached hydrogens (tertiary/aromatic N) is 1. The maximum absolute atomic E-state index is 12.4. The molecule has 5 aromatic rings. The van der Waals surface area contributed by atoms with Gasteiger partial charge in [0.05, 0.1) is 11.3 Å². The van der Waals surface area contributed by atoms with Crippen LogP contribution in [0.3, 0.4) is 0 Å². The first kappa shape index (κ1) is 20.3. The largest absolute Gasteiger partial charge is 0.466 e. The summed E-state index contributed by atoms with van der Waals surface area (Å²) >= 11 is 0. The molecule has 6 nitrogen and oxygen atoms in total. The van der Waals surface area contributed by atoms with Crippen molar-refractivity contribution in [3.05, 3.63) is 103 Å². The molecule has 0 atom stereocenters. The van der Waals surface area contributed by atoms with Crippen LogP contribution in [0.1, 0.15) is 5.56 Å². The third-order valence-electron chi connectivity index (χ3n) is 5.33. The summed E-state index contributed by atoms with van der Waals surface area (Å²) in [7, 11) is 0. The zero-order valence-corrected chi connectivity index (χ0v) is 17.8. The fourth-order valence-electron chi connectivity index (χ4n) is 3.75. The molecule has 3 N–H and O–H groups in total. The van der Waals surface area contributed by atoms with E-state index in [1.54, 1.807) is 6.20 Å². The first-order chi connectivity index (χ1) is 16.3. The number of para-hydroxylation sites is 1. The Kier molecular flexibility index (Phi) is 5.72. The normalized spacial score (nSPS) is 11.2. The fraction of sp³-hybridized carbons (Fsp3) is 0.0370. The number of rotatable bonds is 7. The second-order valence-electron chi connectivity index (χ2n) is 7.49. The van der Waals surface area contributed by atoms with Gasteiger partial charge in [0.15, 0.2) is 6.61 Å². The van der Waals surface area contributed by atoms with Crippen LogP contribution in [0.4, 0.5) is 0 Å². The molecule has 0 spiro atoms. The number of benzene rings is 3. The van der Waals surface area contributed by atoms with Crippen LogP contribution in [-0.4, -0.2) is 27.7 Å². The number of aromatic nitrogens is 3. The number of amides is 1. The van der Waals surface area contributed by atoms with Gasteiger partial charge in [0.2, 0.25) is 5.88 Å². The van der Waals surface area contributed by atoms with Gasteiger partial charge in [-0.05, 0) is 17.7 Å². The van der Waals surface area contributed by atoms with Crippen LogP contribution in [0.15, 0.2) is 97.3 Å². The Balaban J connectivity index is 1.30. The molecule has 6 heteroatoms. The molecule has 0 saturated heterocycles. The Morgan fingerprint density at radius 2 is 1.61 bits per heavy atom. The number of aromatic amines is 2. The van der Waals surface area contributed by atoms with E-state index in [1.807, 2.05) is 97.2 Å². The lowest BCUT2D eigenvalue weighted by Crippen LogP contribution is -2.24. The third-order valence-corrected chi connectivity index (χ3v) is 5.33. The summed E-state index contributed by atoms with van der Waals surface area (Å²) in [6, 6.07) is 27.8. The zero-order chi connectivity index (χ0) is 22.5. The predicted octanol–water partition coefficient (Wildman–Crippen LogP) is 5.39. The van der Waals surface area contributed by atoms with Crippen molar-refractivity contribution in [2.45, 2.75) is 0 Å². The molecule has 0 bridgehead atoms. The second kappa shape index (κ2) is 9.28. The molecule has 0 aliphatic carbocycles. The van der Waals surface area contributed by atoms with Gasteiger partial charge in [-0.2, -0.15) is 0 Å². The lowest BCUT2D eigenvalue weighted by Gasteiger charge is -2.08. The van der Waals surface area contributed by atoms with Crippen LogP contribution >= 0.6 is 0 Å². The topological polar surface area (TPSA) is 82.8 Å². The zero-order valence-electron chi connectivity index (χ0n) is 17.8. The second-order valence-corrected chi connectivity index (χ2v) is 7.49. The minimum absolute atomic E-state index is 0.156. The van der Waals surface area contributed by atoms with Crippen LogP contribution in [0.25, 0.3) is 39.4 Å². The van der Waals surface area contributed by atoms with Gasteiger partial charge in [-0.15, -0.1) is 5.10 Å². The quantitative estimate of drug-likeness (QED) is 0.321. The average Bonchev–Trinajstić information content (AvgIpc) is 3.48. The van der Waals surface area contributed by atoms with E-state index in [0.29, 0.717) is 5.88 Å². The summed E-state index contributed by atoms with van der Waals surface area (Å²) in [5.74, 6) is 0.116. The van der Waals surface area contributed by atoms with E-state index in [2.05, 4.69) is 20.5 Å². The lowest BCUT2D eigenvalue weighted by atomic mass is 10.0. The van der Waals surface area contributed by atoms with Crippen molar-refractivity contribution >= 4 is 22.9 Å². The highest BCUT2D eigenvalue weighted by Crippen LogP contribution is 2.37. The van der Waals surface area contributed by atoms with E-state index in [0.717, 1.165) is 38.9 Å². The number of H-pyrrole nitrogens is 2. The highest BCUT2D eigenvalue weighted by atomic mass is 16.5. The molecule has 2 heterocycles. The molecule has 3 aromatic carbocycles. The van der Waals surface area contributed by atoms with Crippen LogP contribution in [-0.2, 0) is 4.79 Å². The van der Waals surface area contributed by atoms with E-state index in [4.69, 9.17) is 4.74 Å². The SMILES string of the molecule is O=C(COc1n[nH]c(-c2ccccc2)c1-c1ccccc1)NC=Cc1c[nH]c2ccccc12. The van der Waals surface area contributed by atoms with E-state index in [-0.39, 0.29) is 12.5 Å². The molecule has 33 heavy (non-hydrogen) atoms. The summed E-state index contributed by atoms with van der Waals surface area (Å²) in [4.78, 5) is 15.6. The van der Waals surface area contributed by atoms with Gasteiger partial charge in [-0.25, -0.2) is 0 Å². The van der Waals surface area contributed by atoms with E-state index in [1.165, 1.54) is 0 Å². The number of carbonyl (C=O) groups is 1. The van der Waals surface area contributed by atoms with E-state index < -0.39 is 0 Å². The van der Waals surface area contributed by atoms with Crippen LogP contribution in [0.5, 0.6) is 5.88 Å². The third kappa shape index (κ3) is 4.41. The highest BCUT2D eigenvalue weighted by molar-refractivity contribution is 5.89. The molecule has 0 aliphatic rings. The van der Waals surface area contributed by atoms with Gasteiger partial charge in [-0.1, -0.05) is 78.9 Å². The summed E-state index contributed by atoms with van der Waals surface area (Å²) in [6.45, 7) is -0.156. The molecular weight excluding hydrogens is 412 g/mol. The van der Waals surface area contributed by atoms with Gasteiger partial charge < -0.3 is 15.0 Å². The van der Waals surface area contributed by atoms with E-state index >= 15 is 0 Å². The number of carbonyl (C=O) groups excluding carboxylic acids is 1. The minimum Gasteiger partial charge on any atom is -0.466 e. The molecule has 162 valence electrons. The maximum Gasteiger partial charge on any atom is 0.261 e. The maximum atomic E-state index is 12.4. The smallest absolute Gasteiger partial charge is 0.261 e. The molecule has 0 aliphatic heterocycles. The number of fused-ring (bicyclic) bond motifs is 1. The Bertz CT molecular complexity index is 1400. The van der Waals surface area contributed by atoms with Gasteiger partial charge in [0.1, 0.15) is 0 Å². The minimum atomic E-state index is -0.269. The first-order valence-corrected chi connectivity index (χ1v) is 10.6. The molecule has 1 amide bonds. The number of ether oxygens (including phenoxy) is 1. The number of nitrogens with one attached hydrogen (secondary N) is 3. The van der Waals surface area contributed by atoms with Crippen molar-refractivity contribution in [3.63, 3.8) is 0 Å². The summed E-state index contributed by atoms with van der Waals surface area (Å²) in [6.07, 6.45) is 5.39. The number of hydrogen-bond donors (Lipinski definition) is 3. The molecule has 2 aromatic heterocycles. The molecule has 0 radical (unpaired) electrons. The van der Waals surface area contributed by atoms with Gasteiger partial charge in [-0.3, -0.25) is 9.89 Å². The first-order valence-electron chi connectivity index (χ1n) is 10.6. The van der Waals surface area contributed by atoms with Gasteiger partial charge in [0.25, 0.3) is 5.91 Å². The summed E-state index contributed by atoms with van der Waals surface area (Å²) in [5.41, 5.74) is 5.66. The molecule has 5 rings (SSSR count). The van der Waals surface area contributed by atoms with Crippen LogP contribution < -0.4 is 10.1 Å². The summed E-state index contributed by atoms with van der Waals surface area (Å²) in [5, 5.41) is 11.3. The van der Waals surface area contributed by atoms with E-state index in [9.17, 15) is 4.79 Å². The van der Waals surface area contributed by atoms with Crippen molar-refractivity contribution < 1.29 is 9.53 Å². The van der Waals surface area contributed by atoms with Crippen LogP contribution in [0, 0.1) is 0 Å². The summed E-state index contributed by atoms with van der Waals surface area (Å²) < 4.78 is 5.82. The highest BCUT2D eigenvalue weighted by Gasteiger charge is 2.18. The van der Waals surface area contributed by atoms with Gasteiger partial charge >= 0.3 is 0 Å². The Hall–Kier alpha value is -4.58. The van der Waals surface area contributed by atoms with Crippen molar-refractivity contribution in [1.82, 2.24) is 20.5 Å². The van der Waals surface area contributed by atoms with Crippen molar-refractivity contribution in [2.75, 3.05) is 6.61 Å². The van der Waals surface area contributed by atoms with Crippen molar-refractivity contribution in [3.8, 4) is 28.3 Å². The molecule has 0 fully saturated rings. The van der Waals surface area contributed by atoms with Gasteiger partial charge in [0, 0.05) is 34.4 Å². The Labute approximate surface area is 190 Å². The predicted molar refractivity (Wildman–Crippen MR) is 130 cm³/mol. The molecular formula is C27H22N4O2. The number of hydrogen-bond acceptors (Lipinski definition) is 3. The molecule has 0 saturated carbocycles. The Morgan fingerprint density at radius 3 is 2.39 bits per heavy atom. The lowest BCUT2D eigenvalue weighted by molar-refractivity contribution is -0.122. The van der Waals surface area contributed by atoms with Crippen molar-refractivity contribution in [1.29, 1.82) is 0 Å². The average molecular weight is 434 g/mol. The standard InChI is InChI=1S/C27H22N4O2/c32-24(28-16-15-21-17-29-23-14-8-7-13-22(21)23)18-33-27-25(19-9-3-1-4-10-19)26(30-31-27)20-11-5-2-6-12-20/h1-17,29H,18H2,(H,28,32)(H,30,31). The fourth-order valence-corrected chi connectivity index (χ4v) is 3.75. The van der Waals surface area contributed by atoms with Crippen molar-refractivity contribution in [2.24, 2.45) is 0 Å². The Morgan fingerprint density at radius 1 is 0.909 bits per heavy atom. The van der Waals surface area contributed by atoms with Crippen LogP contribution in [0.2, 0.25) is 0 Å².